The van der Waals surface area contributed by atoms with Gasteiger partial charge in [-0.25, -0.2) is 4.79 Å². The van der Waals surface area contributed by atoms with Crippen LogP contribution in [0.3, 0.4) is 0 Å². The number of hydrogen-bond donors (Lipinski definition) is 1. The van der Waals surface area contributed by atoms with Gasteiger partial charge in [0.2, 0.25) is 0 Å². The smallest absolute Gasteiger partial charge is 0.410 e. The summed E-state index contributed by atoms with van der Waals surface area (Å²) in [6.45, 7) is 13.0. The van der Waals surface area contributed by atoms with Crippen LogP contribution in [0.2, 0.25) is 0 Å². The van der Waals surface area contributed by atoms with Gasteiger partial charge in [-0.05, 0) is 39.0 Å². The molecule has 2 aliphatic heterocycles. The van der Waals surface area contributed by atoms with Gasteiger partial charge in [-0.1, -0.05) is 6.92 Å². The van der Waals surface area contributed by atoms with E-state index < -0.39 is 5.60 Å². The summed E-state index contributed by atoms with van der Waals surface area (Å²) in [5.41, 5.74) is 5.73. The normalized spacial score (nSPS) is 21.5. The third-order valence-corrected chi connectivity index (χ3v) is 4.58. The number of guanidine groups is 1. The van der Waals surface area contributed by atoms with Crippen molar-refractivity contribution in [1.82, 2.24) is 9.80 Å². The Morgan fingerprint density at radius 1 is 1.16 bits per heavy atom. The van der Waals surface area contributed by atoms with E-state index in [4.69, 9.17) is 15.2 Å². The summed E-state index contributed by atoms with van der Waals surface area (Å²) in [4.78, 5) is 20.6. The number of amides is 1. The maximum atomic E-state index is 12.1. The van der Waals surface area contributed by atoms with Crippen molar-refractivity contribution in [2.75, 3.05) is 45.9 Å². The number of nitrogens with two attached hydrogens (primary N) is 1. The predicted octanol–water partition coefficient (Wildman–Crippen LogP) is 2.29. The maximum Gasteiger partial charge on any atom is 0.410 e. The minimum absolute atomic E-state index is 0. The number of hydrogen-bond acceptors (Lipinski definition) is 4. The molecule has 2 heterocycles. The Hall–Kier alpha value is -0.770. The van der Waals surface area contributed by atoms with Crippen LogP contribution in [0.5, 0.6) is 0 Å². The molecule has 7 nitrogen and oxygen atoms in total. The van der Waals surface area contributed by atoms with Crippen LogP contribution < -0.4 is 5.73 Å². The van der Waals surface area contributed by atoms with Gasteiger partial charge in [-0.2, -0.15) is 0 Å². The Balaban J connectivity index is 0.00000312. The Kier molecular flexibility index (Phi) is 8.24. The molecule has 2 aliphatic rings. The molecule has 0 aromatic heterocycles. The maximum absolute atomic E-state index is 12.1. The summed E-state index contributed by atoms with van der Waals surface area (Å²) in [5, 5.41) is 0. The number of piperidine rings is 1. The Labute approximate surface area is 168 Å². The molecule has 1 amide bonds. The average molecular weight is 468 g/mol. The molecular weight excluding hydrogens is 435 g/mol. The van der Waals surface area contributed by atoms with Gasteiger partial charge in [0.05, 0.1) is 13.2 Å². The van der Waals surface area contributed by atoms with Gasteiger partial charge in [0.25, 0.3) is 0 Å². The molecule has 0 bridgehead atoms. The zero-order valence-electron chi connectivity index (χ0n) is 15.9. The molecule has 0 saturated carbocycles. The van der Waals surface area contributed by atoms with Gasteiger partial charge in [-0.15, -0.1) is 24.0 Å². The van der Waals surface area contributed by atoms with Crippen molar-refractivity contribution < 1.29 is 14.3 Å². The average Bonchev–Trinajstić information content (AvgIpc) is 2.52. The molecule has 0 atom stereocenters. The van der Waals surface area contributed by atoms with Crippen LogP contribution in [0.15, 0.2) is 4.99 Å². The second-order valence-corrected chi connectivity index (χ2v) is 8.05. The number of aliphatic imine (C=N–C) groups is 1. The van der Waals surface area contributed by atoms with Crippen LogP contribution in [0, 0.1) is 5.41 Å². The van der Waals surface area contributed by atoms with Crippen molar-refractivity contribution in [3.63, 3.8) is 0 Å². The lowest BCUT2D eigenvalue weighted by atomic mass is 9.80. The first-order valence-corrected chi connectivity index (χ1v) is 8.79. The van der Waals surface area contributed by atoms with Crippen molar-refractivity contribution >= 4 is 36.0 Å². The van der Waals surface area contributed by atoms with Crippen molar-refractivity contribution in [2.45, 2.75) is 46.1 Å². The lowest BCUT2D eigenvalue weighted by Crippen LogP contribution is -2.47. The van der Waals surface area contributed by atoms with E-state index in [1.807, 2.05) is 20.8 Å². The van der Waals surface area contributed by atoms with E-state index in [0.29, 0.717) is 38.8 Å². The number of likely N-dealkylation sites (tertiary alicyclic amines) is 1. The molecule has 2 saturated heterocycles. The third-order valence-electron chi connectivity index (χ3n) is 4.58. The lowest BCUT2D eigenvalue weighted by Gasteiger charge is -2.39. The summed E-state index contributed by atoms with van der Waals surface area (Å²) in [6.07, 6.45) is 1.60. The lowest BCUT2D eigenvalue weighted by molar-refractivity contribution is 0.0127. The molecule has 146 valence electrons. The largest absolute Gasteiger partial charge is 0.444 e. The SMILES string of the molecule is CC1(CN=C(N)N2CCOCC2)CCN(C(=O)OC(C)(C)C)CC1.I. The van der Waals surface area contributed by atoms with Gasteiger partial charge in [0.15, 0.2) is 5.96 Å². The molecule has 2 rings (SSSR count). The van der Waals surface area contributed by atoms with Crippen LogP contribution in [0.25, 0.3) is 0 Å². The van der Waals surface area contributed by atoms with Crippen LogP contribution in [0.4, 0.5) is 4.79 Å². The van der Waals surface area contributed by atoms with Gasteiger partial charge in [0, 0.05) is 32.7 Å². The van der Waals surface area contributed by atoms with E-state index in [2.05, 4.69) is 16.8 Å². The topological polar surface area (TPSA) is 80.4 Å². The van der Waals surface area contributed by atoms with Crippen molar-refractivity contribution in [1.29, 1.82) is 0 Å². The van der Waals surface area contributed by atoms with Gasteiger partial charge >= 0.3 is 6.09 Å². The fraction of sp³-hybridized carbons (Fsp3) is 0.882. The first-order chi connectivity index (χ1) is 11.2. The third kappa shape index (κ3) is 7.16. The van der Waals surface area contributed by atoms with Gasteiger partial charge in [0.1, 0.15) is 5.60 Å². The molecular formula is C17H33IN4O3. The summed E-state index contributed by atoms with van der Waals surface area (Å²) in [6, 6.07) is 0. The molecule has 2 N–H and O–H groups in total. The van der Waals surface area contributed by atoms with Crippen molar-refractivity contribution in [3.8, 4) is 0 Å². The minimum atomic E-state index is -0.450. The summed E-state index contributed by atoms with van der Waals surface area (Å²) in [7, 11) is 0. The van der Waals surface area contributed by atoms with Crippen molar-refractivity contribution in [3.05, 3.63) is 0 Å². The zero-order valence-corrected chi connectivity index (χ0v) is 18.2. The molecule has 0 radical (unpaired) electrons. The highest BCUT2D eigenvalue weighted by atomic mass is 127. The van der Waals surface area contributed by atoms with Crippen LogP contribution in [-0.4, -0.2) is 73.4 Å². The zero-order chi connectivity index (χ0) is 17.8. The van der Waals surface area contributed by atoms with Gasteiger partial charge < -0.3 is 25.0 Å². The first-order valence-electron chi connectivity index (χ1n) is 8.79. The highest BCUT2D eigenvalue weighted by Crippen LogP contribution is 2.31. The number of rotatable bonds is 2. The molecule has 0 aromatic rings. The standard InChI is InChI=1S/C17H32N4O3.HI/c1-16(2,3)24-15(22)21-7-5-17(4,6-8-21)13-19-14(18)20-9-11-23-12-10-20;/h5-13H2,1-4H3,(H2,18,19);1H. The second-order valence-electron chi connectivity index (χ2n) is 8.05. The van der Waals surface area contributed by atoms with Crippen LogP contribution >= 0.6 is 24.0 Å². The monoisotopic (exact) mass is 468 g/mol. The van der Waals surface area contributed by atoms with E-state index in [9.17, 15) is 4.79 Å². The fourth-order valence-corrected chi connectivity index (χ4v) is 2.88. The quantitative estimate of drug-likeness (QED) is 0.382. The molecule has 0 aliphatic carbocycles. The number of ether oxygens (including phenoxy) is 2. The minimum Gasteiger partial charge on any atom is -0.444 e. The number of halogens is 1. The fourth-order valence-electron chi connectivity index (χ4n) is 2.88. The number of carbonyl (C=O) groups is 1. The van der Waals surface area contributed by atoms with E-state index in [-0.39, 0.29) is 35.5 Å². The number of morpholine rings is 1. The van der Waals surface area contributed by atoms with Gasteiger partial charge in [-0.3, -0.25) is 4.99 Å². The molecule has 2 fully saturated rings. The van der Waals surface area contributed by atoms with E-state index in [1.54, 1.807) is 4.90 Å². The summed E-state index contributed by atoms with van der Waals surface area (Å²) in [5.74, 6) is 0.606. The predicted molar refractivity (Wildman–Crippen MR) is 109 cm³/mol. The molecule has 0 spiro atoms. The summed E-state index contributed by atoms with van der Waals surface area (Å²) >= 11 is 0. The number of nitrogens with zero attached hydrogens (tertiary/aromatic N) is 3. The highest BCUT2D eigenvalue weighted by molar-refractivity contribution is 14.0. The summed E-state index contributed by atoms with van der Waals surface area (Å²) < 4.78 is 10.8. The Morgan fingerprint density at radius 2 is 1.72 bits per heavy atom. The Morgan fingerprint density at radius 3 is 2.24 bits per heavy atom. The molecule has 8 heteroatoms. The molecule has 0 aromatic carbocycles. The van der Waals surface area contributed by atoms with E-state index in [0.717, 1.165) is 25.9 Å². The first kappa shape index (κ1) is 22.3. The second kappa shape index (κ2) is 9.25. The van der Waals surface area contributed by atoms with Crippen LogP contribution in [0.1, 0.15) is 40.5 Å². The van der Waals surface area contributed by atoms with Crippen LogP contribution in [-0.2, 0) is 9.47 Å². The highest BCUT2D eigenvalue weighted by Gasteiger charge is 2.33. The number of carbonyl (C=O) groups excluding carboxylic acids is 1. The molecule has 0 unspecified atom stereocenters. The molecule has 25 heavy (non-hydrogen) atoms. The van der Waals surface area contributed by atoms with E-state index >= 15 is 0 Å². The van der Waals surface area contributed by atoms with Crippen molar-refractivity contribution in [2.24, 2.45) is 16.1 Å². The van der Waals surface area contributed by atoms with E-state index in [1.165, 1.54) is 0 Å². The Bertz CT molecular complexity index is 465.